The molecule has 0 bridgehead atoms. The molecule has 2 aromatic rings. The average molecular weight is 433 g/mol. The Balaban J connectivity index is 0.00000420. The average Bonchev–Trinajstić information content (AvgIpc) is 2.60. The van der Waals surface area contributed by atoms with Gasteiger partial charge in [-0.15, -0.1) is 12.4 Å². The smallest absolute Gasteiger partial charge is 0.347 e. The lowest BCUT2D eigenvalue weighted by Gasteiger charge is -2.19. The number of alkyl halides is 3. The number of rotatable bonds is 6. The van der Waals surface area contributed by atoms with E-state index in [4.69, 9.17) is 5.73 Å². The summed E-state index contributed by atoms with van der Waals surface area (Å²) < 4.78 is 40.1. The number of carbonyl (C=O) groups is 1. The molecule has 1 aromatic heterocycles. The summed E-state index contributed by atoms with van der Waals surface area (Å²) >= 11 is 0. The van der Waals surface area contributed by atoms with Crippen LogP contribution in [0.2, 0.25) is 0 Å². The number of nitrogens with zero attached hydrogens (tertiary/aromatic N) is 2. The second-order valence-electron chi connectivity index (χ2n) is 6.99. The van der Waals surface area contributed by atoms with Gasteiger partial charge in [-0.2, -0.15) is 18.3 Å². The zero-order valence-corrected chi connectivity index (χ0v) is 17.1. The molecular weight excluding hydrogens is 409 g/mol. The molecule has 160 valence electrons. The summed E-state index contributed by atoms with van der Waals surface area (Å²) in [5, 5.41) is 6.68. The summed E-state index contributed by atoms with van der Waals surface area (Å²) in [6.45, 7) is 5.66. The Hall–Kier alpha value is -2.39. The molecule has 10 heteroatoms. The molecule has 0 spiro atoms. The van der Waals surface area contributed by atoms with Crippen molar-refractivity contribution >= 4 is 18.3 Å². The van der Waals surface area contributed by atoms with E-state index >= 15 is 0 Å². The van der Waals surface area contributed by atoms with Crippen LogP contribution in [0.3, 0.4) is 0 Å². The Kier molecular flexibility index (Phi) is 8.40. The molecule has 0 aliphatic rings. The lowest BCUT2D eigenvalue weighted by atomic mass is 10.0. The fourth-order valence-electron chi connectivity index (χ4n) is 2.82. The highest BCUT2D eigenvalue weighted by Gasteiger charge is 2.30. The Morgan fingerprint density at radius 2 is 1.93 bits per heavy atom. The minimum Gasteiger partial charge on any atom is -0.347 e. The van der Waals surface area contributed by atoms with Crippen molar-refractivity contribution in [3.05, 3.63) is 57.5 Å². The molecule has 6 nitrogen and oxygen atoms in total. The third kappa shape index (κ3) is 6.30. The maximum atomic E-state index is 13.0. The van der Waals surface area contributed by atoms with Gasteiger partial charge in [0, 0.05) is 24.3 Å². The van der Waals surface area contributed by atoms with E-state index in [-0.39, 0.29) is 36.6 Å². The van der Waals surface area contributed by atoms with E-state index in [1.165, 1.54) is 25.1 Å². The molecule has 1 amide bonds. The molecular formula is C19H24ClF3N4O2. The van der Waals surface area contributed by atoms with Gasteiger partial charge in [-0.1, -0.05) is 19.9 Å². The molecule has 2 rings (SSSR count). The topological polar surface area (TPSA) is 90.0 Å². The number of benzene rings is 1. The van der Waals surface area contributed by atoms with Crippen molar-refractivity contribution in [3.63, 3.8) is 0 Å². The SMILES string of the molecule is Cc1cc(=O)c(C(=O)NC(CN)CC(C)C)nn1-c1cccc(C(F)(F)F)c1.Cl. The van der Waals surface area contributed by atoms with Crippen LogP contribution in [0.5, 0.6) is 0 Å². The number of nitrogens with one attached hydrogen (secondary N) is 1. The monoisotopic (exact) mass is 432 g/mol. The first-order valence-corrected chi connectivity index (χ1v) is 8.82. The van der Waals surface area contributed by atoms with E-state index in [2.05, 4.69) is 10.4 Å². The van der Waals surface area contributed by atoms with Crippen LogP contribution in [-0.4, -0.2) is 28.3 Å². The summed E-state index contributed by atoms with van der Waals surface area (Å²) in [6, 6.07) is 5.34. The van der Waals surface area contributed by atoms with Crippen LogP contribution in [0, 0.1) is 12.8 Å². The Labute approximate surface area is 172 Å². The largest absolute Gasteiger partial charge is 0.416 e. The highest BCUT2D eigenvalue weighted by Crippen LogP contribution is 2.30. The normalized spacial score (nSPS) is 12.4. The molecule has 0 aliphatic carbocycles. The molecule has 0 saturated heterocycles. The van der Waals surface area contributed by atoms with Gasteiger partial charge < -0.3 is 11.1 Å². The number of carbonyl (C=O) groups excluding carboxylic acids is 1. The zero-order valence-electron chi connectivity index (χ0n) is 16.3. The zero-order chi connectivity index (χ0) is 21.1. The minimum absolute atomic E-state index is 0. The van der Waals surface area contributed by atoms with Gasteiger partial charge in [0.15, 0.2) is 5.69 Å². The quantitative estimate of drug-likeness (QED) is 0.734. The maximum absolute atomic E-state index is 13.0. The Bertz CT molecular complexity index is 913. The molecule has 1 aromatic carbocycles. The van der Waals surface area contributed by atoms with Crippen LogP contribution in [0.1, 0.15) is 42.0 Å². The number of aryl methyl sites for hydroxylation is 1. The lowest BCUT2D eigenvalue weighted by Crippen LogP contribution is -2.43. The van der Waals surface area contributed by atoms with Crippen LogP contribution in [-0.2, 0) is 6.18 Å². The molecule has 1 atom stereocenters. The number of aromatic nitrogens is 2. The van der Waals surface area contributed by atoms with Crippen molar-refractivity contribution in [1.82, 2.24) is 15.1 Å². The molecule has 0 fully saturated rings. The molecule has 1 unspecified atom stereocenters. The Morgan fingerprint density at radius 1 is 1.28 bits per heavy atom. The predicted octanol–water partition coefficient (Wildman–Crippen LogP) is 3.08. The van der Waals surface area contributed by atoms with Gasteiger partial charge in [-0.3, -0.25) is 9.59 Å². The van der Waals surface area contributed by atoms with Crippen molar-refractivity contribution in [2.24, 2.45) is 11.7 Å². The first-order chi connectivity index (χ1) is 13.0. The van der Waals surface area contributed by atoms with Gasteiger partial charge in [0.1, 0.15) is 0 Å². The fourth-order valence-corrected chi connectivity index (χ4v) is 2.82. The van der Waals surface area contributed by atoms with Gasteiger partial charge in [0.2, 0.25) is 5.43 Å². The Morgan fingerprint density at radius 3 is 2.48 bits per heavy atom. The predicted molar refractivity (Wildman–Crippen MR) is 107 cm³/mol. The van der Waals surface area contributed by atoms with E-state index in [0.717, 1.165) is 16.8 Å². The summed E-state index contributed by atoms with van der Waals surface area (Å²) in [5.41, 5.74) is 4.20. The molecule has 0 radical (unpaired) electrons. The van der Waals surface area contributed by atoms with Gasteiger partial charge in [0.25, 0.3) is 5.91 Å². The first kappa shape index (κ1) is 24.6. The third-order valence-corrected chi connectivity index (χ3v) is 4.12. The number of hydrogen-bond donors (Lipinski definition) is 2. The highest BCUT2D eigenvalue weighted by atomic mass is 35.5. The number of hydrogen-bond acceptors (Lipinski definition) is 4. The summed E-state index contributed by atoms with van der Waals surface area (Å²) in [5.74, 6) is -0.427. The third-order valence-electron chi connectivity index (χ3n) is 4.12. The van der Waals surface area contributed by atoms with Crippen LogP contribution < -0.4 is 16.5 Å². The van der Waals surface area contributed by atoms with Crippen molar-refractivity contribution < 1.29 is 18.0 Å². The van der Waals surface area contributed by atoms with Gasteiger partial charge in [-0.05, 0) is 37.5 Å². The summed E-state index contributed by atoms with van der Waals surface area (Å²) in [6.07, 6.45) is -3.90. The first-order valence-electron chi connectivity index (χ1n) is 8.82. The summed E-state index contributed by atoms with van der Waals surface area (Å²) in [4.78, 5) is 24.8. The standard InChI is InChI=1S/C19H23F3N4O2.ClH/c1-11(2)7-14(10-23)24-18(28)17-16(27)8-12(3)26(25-17)15-6-4-5-13(9-15)19(20,21)22;/h4-6,8-9,11,14H,7,10,23H2,1-3H3,(H,24,28);1H. The van der Waals surface area contributed by atoms with E-state index in [1.807, 2.05) is 13.8 Å². The van der Waals surface area contributed by atoms with Crippen molar-refractivity contribution in [3.8, 4) is 5.69 Å². The van der Waals surface area contributed by atoms with E-state index in [1.54, 1.807) is 0 Å². The summed E-state index contributed by atoms with van der Waals surface area (Å²) in [7, 11) is 0. The number of halogens is 4. The minimum atomic E-state index is -4.52. The highest BCUT2D eigenvalue weighted by molar-refractivity contribution is 5.92. The number of amides is 1. The van der Waals surface area contributed by atoms with Gasteiger partial charge in [-0.25, -0.2) is 4.68 Å². The van der Waals surface area contributed by atoms with Crippen molar-refractivity contribution in [1.29, 1.82) is 0 Å². The fraction of sp³-hybridized carbons (Fsp3) is 0.421. The molecule has 0 aliphatic heterocycles. The number of nitrogens with two attached hydrogens (primary N) is 1. The van der Waals surface area contributed by atoms with Gasteiger partial charge in [0.05, 0.1) is 11.3 Å². The van der Waals surface area contributed by atoms with E-state index in [9.17, 15) is 22.8 Å². The molecule has 3 N–H and O–H groups in total. The molecule has 1 heterocycles. The van der Waals surface area contributed by atoms with Crippen molar-refractivity contribution in [2.45, 2.75) is 39.4 Å². The van der Waals surface area contributed by atoms with Crippen LogP contribution in [0.15, 0.2) is 35.1 Å². The van der Waals surface area contributed by atoms with Gasteiger partial charge >= 0.3 is 6.18 Å². The van der Waals surface area contributed by atoms with E-state index in [0.29, 0.717) is 12.1 Å². The van der Waals surface area contributed by atoms with Crippen LogP contribution in [0.4, 0.5) is 13.2 Å². The maximum Gasteiger partial charge on any atom is 0.416 e. The van der Waals surface area contributed by atoms with Crippen molar-refractivity contribution in [2.75, 3.05) is 6.54 Å². The van der Waals surface area contributed by atoms with Crippen LogP contribution in [0.25, 0.3) is 5.69 Å². The second-order valence-corrected chi connectivity index (χ2v) is 6.99. The lowest BCUT2D eigenvalue weighted by molar-refractivity contribution is -0.137. The molecule has 29 heavy (non-hydrogen) atoms. The van der Waals surface area contributed by atoms with E-state index < -0.39 is 28.8 Å². The second kappa shape index (κ2) is 9.89. The van der Waals surface area contributed by atoms with Crippen LogP contribution >= 0.6 is 12.4 Å². The molecule has 0 saturated carbocycles.